The van der Waals surface area contributed by atoms with Gasteiger partial charge in [-0.15, -0.1) is 0 Å². The van der Waals surface area contributed by atoms with Crippen LogP contribution in [0.3, 0.4) is 0 Å². The number of rotatable bonds is 6. The average molecular weight is 291 g/mol. The van der Waals surface area contributed by atoms with Gasteiger partial charge in [0.2, 0.25) is 0 Å². The number of amides is 1. The first-order chi connectivity index (χ1) is 9.93. The van der Waals surface area contributed by atoms with Crippen LogP contribution < -0.4 is 5.32 Å². The molecule has 114 valence electrons. The van der Waals surface area contributed by atoms with Crippen molar-refractivity contribution in [3.8, 4) is 0 Å². The molecule has 1 aromatic carbocycles. The number of anilines is 1. The molecule has 2 rings (SSSR count). The fourth-order valence-electron chi connectivity index (χ4n) is 2.46. The zero-order valence-corrected chi connectivity index (χ0v) is 12.6. The van der Waals surface area contributed by atoms with Gasteiger partial charge in [-0.05, 0) is 31.2 Å². The zero-order valence-electron chi connectivity index (χ0n) is 12.6. The van der Waals surface area contributed by atoms with E-state index in [9.17, 15) is 14.9 Å². The van der Waals surface area contributed by atoms with Crippen LogP contribution in [-0.2, 0) is 0 Å². The summed E-state index contributed by atoms with van der Waals surface area (Å²) in [5.41, 5.74) is 0.943. The average Bonchev–Trinajstić information content (AvgIpc) is 3.13. The van der Waals surface area contributed by atoms with Crippen LogP contribution in [0.2, 0.25) is 0 Å². The molecule has 2 unspecified atom stereocenters. The van der Waals surface area contributed by atoms with E-state index in [1.54, 1.807) is 18.0 Å². The lowest BCUT2D eigenvalue weighted by Gasteiger charge is -2.19. The third-order valence-electron chi connectivity index (χ3n) is 3.94. The monoisotopic (exact) mass is 291 g/mol. The molecule has 0 bridgehead atoms. The Balaban J connectivity index is 2.23. The lowest BCUT2D eigenvalue weighted by Crippen LogP contribution is -2.29. The highest BCUT2D eigenvalue weighted by Gasteiger charge is 2.34. The van der Waals surface area contributed by atoms with Gasteiger partial charge in [-0.3, -0.25) is 14.9 Å². The maximum Gasteiger partial charge on any atom is 0.270 e. The number of nitrogens with zero attached hydrogens (tertiary/aromatic N) is 2. The zero-order chi connectivity index (χ0) is 15.6. The van der Waals surface area contributed by atoms with E-state index >= 15 is 0 Å². The topological polar surface area (TPSA) is 75.5 Å². The minimum absolute atomic E-state index is 0.0619. The fourth-order valence-corrected chi connectivity index (χ4v) is 2.46. The van der Waals surface area contributed by atoms with Crippen LogP contribution in [-0.4, -0.2) is 35.9 Å². The van der Waals surface area contributed by atoms with Gasteiger partial charge in [0, 0.05) is 38.0 Å². The number of nitro groups is 1. The van der Waals surface area contributed by atoms with Crippen LogP contribution in [0.25, 0.3) is 0 Å². The number of hydrogen-bond acceptors (Lipinski definition) is 4. The maximum atomic E-state index is 12.5. The van der Waals surface area contributed by atoms with Gasteiger partial charge in [0.25, 0.3) is 11.6 Å². The molecular formula is C15H21N3O3. The lowest BCUT2D eigenvalue weighted by molar-refractivity contribution is -0.384. The molecule has 0 aromatic heterocycles. The molecule has 0 saturated heterocycles. The van der Waals surface area contributed by atoms with Crippen molar-refractivity contribution in [3.63, 3.8) is 0 Å². The Morgan fingerprint density at radius 3 is 2.71 bits per heavy atom. The molecule has 1 aliphatic carbocycles. The van der Waals surface area contributed by atoms with E-state index in [4.69, 9.17) is 0 Å². The summed E-state index contributed by atoms with van der Waals surface area (Å²) in [5.74, 6) is 1.05. The Bertz CT molecular complexity index is 559. The van der Waals surface area contributed by atoms with E-state index in [0.717, 1.165) is 6.42 Å². The van der Waals surface area contributed by atoms with Gasteiger partial charge in [-0.2, -0.15) is 0 Å². The molecular weight excluding hydrogens is 270 g/mol. The number of carbonyl (C=O) groups excluding carboxylic acids is 1. The van der Waals surface area contributed by atoms with Gasteiger partial charge in [0.1, 0.15) is 0 Å². The number of nitro benzene ring substituents is 1. The Morgan fingerprint density at radius 2 is 2.19 bits per heavy atom. The van der Waals surface area contributed by atoms with Crippen LogP contribution in [0.15, 0.2) is 18.2 Å². The molecule has 6 heteroatoms. The van der Waals surface area contributed by atoms with Crippen molar-refractivity contribution >= 4 is 17.3 Å². The lowest BCUT2D eigenvalue weighted by atomic mass is 10.1. The number of nitrogens with one attached hydrogen (secondary N) is 1. The molecule has 1 amide bonds. The predicted octanol–water partition coefficient (Wildman–Crippen LogP) is 2.75. The van der Waals surface area contributed by atoms with Crippen molar-refractivity contribution in [2.75, 3.05) is 25.5 Å². The van der Waals surface area contributed by atoms with Crippen molar-refractivity contribution in [2.45, 2.75) is 20.3 Å². The summed E-state index contributed by atoms with van der Waals surface area (Å²) in [5, 5.41) is 14.0. The molecule has 0 aliphatic heterocycles. The Labute approximate surface area is 124 Å². The van der Waals surface area contributed by atoms with Gasteiger partial charge in [0.05, 0.1) is 10.5 Å². The van der Waals surface area contributed by atoms with E-state index in [1.165, 1.54) is 12.1 Å². The Hall–Kier alpha value is -2.11. The summed E-state index contributed by atoms with van der Waals surface area (Å²) in [6.45, 7) is 5.45. The first kappa shape index (κ1) is 15.3. The number of non-ortho nitro benzene ring substituents is 1. The smallest absolute Gasteiger partial charge is 0.270 e. The van der Waals surface area contributed by atoms with E-state index in [2.05, 4.69) is 12.2 Å². The highest BCUT2D eigenvalue weighted by molar-refractivity contribution is 6.00. The van der Waals surface area contributed by atoms with Crippen molar-refractivity contribution in [1.29, 1.82) is 0 Å². The first-order valence-electron chi connectivity index (χ1n) is 7.21. The molecule has 0 heterocycles. The van der Waals surface area contributed by atoms with E-state index in [0.29, 0.717) is 36.2 Å². The molecule has 1 fully saturated rings. The standard InChI is InChI=1S/C15H21N3O3/c1-4-16-14-6-5-12(18(20)21)8-13(14)15(19)17(3)9-11-7-10(11)2/h5-6,8,10-11,16H,4,7,9H2,1-3H3. The summed E-state index contributed by atoms with van der Waals surface area (Å²) in [6.07, 6.45) is 1.15. The van der Waals surface area contributed by atoms with Gasteiger partial charge in [-0.1, -0.05) is 6.92 Å². The van der Waals surface area contributed by atoms with E-state index in [1.807, 2.05) is 6.92 Å². The highest BCUT2D eigenvalue weighted by Crippen LogP contribution is 2.38. The second-order valence-corrected chi connectivity index (χ2v) is 5.68. The van der Waals surface area contributed by atoms with Gasteiger partial charge < -0.3 is 10.2 Å². The van der Waals surface area contributed by atoms with Crippen LogP contribution in [0.4, 0.5) is 11.4 Å². The predicted molar refractivity (Wildman–Crippen MR) is 81.5 cm³/mol. The van der Waals surface area contributed by atoms with Gasteiger partial charge in [0.15, 0.2) is 0 Å². The second-order valence-electron chi connectivity index (χ2n) is 5.68. The fraction of sp³-hybridized carbons (Fsp3) is 0.533. The molecule has 0 radical (unpaired) electrons. The number of benzene rings is 1. The molecule has 21 heavy (non-hydrogen) atoms. The summed E-state index contributed by atoms with van der Waals surface area (Å²) >= 11 is 0. The van der Waals surface area contributed by atoms with Crippen molar-refractivity contribution in [1.82, 2.24) is 4.90 Å². The van der Waals surface area contributed by atoms with Crippen molar-refractivity contribution < 1.29 is 9.72 Å². The summed E-state index contributed by atoms with van der Waals surface area (Å²) < 4.78 is 0. The third-order valence-corrected chi connectivity index (χ3v) is 3.94. The maximum absolute atomic E-state index is 12.5. The first-order valence-corrected chi connectivity index (χ1v) is 7.21. The molecule has 1 aromatic rings. The van der Waals surface area contributed by atoms with Gasteiger partial charge >= 0.3 is 0 Å². The SMILES string of the molecule is CCNc1ccc([N+](=O)[O-])cc1C(=O)N(C)CC1CC1C. The summed E-state index contributed by atoms with van der Waals surface area (Å²) in [6, 6.07) is 4.37. The largest absolute Gasteiger partial charge is 0.385 e. The number of hydrogen-bond donors (Lipinski definition) is 1. The quantitative estimate of drug-likeness (QED) is 0.646. The normalized spacial score (nSPS) is 20.0. The minimum atomic E-state index is -0.477. The Kier molecular flexibility index (Phi) is 4.45. The molecule has 1 saturated carbocycles. The molecule has 2 atom stereocenters. The number of carbonyl (C=O) groups is 1. The van der Waals surface area contributed by atoms with Crippen molar-refractivity contribution in [2.24, 2.45) is 11.8 Å². The van der Waals surface area contributed by atoms with Gasteiger partial charge in [-0.25, -0.2) is 0 Å². The molecule has 1 aliphatic rings. The minimum Gasteiger partial charge on any atom is -0.385 e. The van der Waals surface area contributed by atoms with E-state index < -0.39 is 4.92 Å². The second kappa shape index (κ2) is 6.11. The molecule has 6 nitrogen and oxygen atoms in total. The van der Waals surface area contributed by atoms with Crippen LogP contribution in [0, 0.1) is 22.0 Å². The van der Waals surface area contributed by atoms with Crippen LogP contribution >= 0.6 is 0 Å². The van der Waals surface area contributed by atoms with Crippen LogP contribution in [0.5, 0.6) is 0 Å². The van der Waals surface area contributed by atoms with E-state index in [-0.39, 0.29) is 11.6 Å². The Morgan fingerprint density at radius 1 is 1.52 bits per heavy atom. The third kappa shape index (κ3) is 3.51. The van der Waals surface area contributed by atoms with Crippen LogP contribution in [0.1, 0.15) is 30.6 Å². The summed E-state index contributed by atoms with van der Waals surface area (Å²) in [4.78, 5) is 24.6. The summed E-state index contributed by atoms with van der Waals surface area (Å²) in [7, 11) is 1.75. The van der Waals surface area contributed by atoms with Crippen molar-refractivity contribution in [3.05, 3.63) is 33.9 Å². The molecule has 1 N–H and O–H groups in total. The molecule has 0 spiro atoms. The highest BCUT2D eigenvalue weighted by atomic mass is 16.6.